The lowest BCUT2D eigenvalue weighted by molar-refractivity contribution is -0.121. The SMILES string of the molecule is O=C(Nc1ccc(N2CCCC2=O)c(Cl)c1)C1CC2CCC1C2. The maximum Gasteiger partial charge on any atom is 0.227 e. The molecular formula is C18H21ClN2O2. The summed E-state index contributed by atoms with van der Waals surface area (Å²) in [5, 5.41) is 3.53. The summed E-state index contributed by atoms with van der Waals surface area (Å²) in [5.74, 6) is 1.72. The van der Waals surface area contributed by atoms with E-state index in [1.807, 2.05) is 12.1 Å². The number of carbonyl (C=O) groups excluding carboxylic acids is 2. The molecule has 3 atom stereocenters. The summed E-state index contributed by atoms with van der Waals surface area (Å²) in [6.45, 7) is 0.718. The predicted octanol–water partition coefficient (Wildman–Crippen LogP) is 3.84. The predicted molar refractivity (Wildman–Crippen MR) is 90.6 cm³/mol. The van der Waals surface area contributed by atoms with Gasteiger partial charge in [0.1, 0.15) is 0 Å². The molecule has 3 unspecified atom stereocenters. The van der Waals surface area contributed by atoms with E-state index in [0.29, 0.717) is 17.4 Å². The third kappa shape index (κ3) is 2.74. The van der Waals surface area contributed by atoms with Gasteiger partial charge in [0, 0.05) is 24.6 Å². The van der Waals surface area contributed by atoms with Gasteiger partial charge in [-0.2, -0.15) is 0 Å². The first-order chi connectivity index (χ1) is 11.1. The van der Waals surface area contributed by atoms with Crippen molar-refractivity contribution in [1.82, 2.24) is 0 Å². The van der Waals surface area contributed by atoms with Gasteiger partial charge in [0.25, 0.3) is 0 Å². The summed E-state index contributed by atoms with van der Waals surface area (Å²) in [4.78, 5) is 26.1. The van der Waals surface area contributed by atoms with Crippen LogP contribution < -0.4 is 10.2 Å². The Kier molecular flexibility index (Phi) is 3.80. The highest BCUT2D eigenvalue weighted by Gasteiger charge is 2.43. The molecule has 0 spiro atoms. The molecule has 0 radical (unpaired) electrons. The highest BCUT2D eigenvalue weighted by molar-refractivity contribution is 6.34. The van der Waals surface area contributed by atoms with Gasteiger partial charge in [-0.3, -0.25) is 9.59 Å². The molecule has 4 nitrogen and oxygen atoms in total. The fraction of sp³-hybridized carbons (Fsp3) is 0.556. The van der Waals surface area contributed by atoms with Gasteiger partial charge in [-0.15, -0.1) is 0 Å². The second-order valence-electron chi connectivity index (χ2n) is 7.09. The molecule has 1 aromatic rings. The Bertz CT molecular complexity index is 660. The molecule has 1 N–H and O–H groups in total. The topological polar surface area (TPSA) is 49.4 Å². The molecule has 23 heavy (non-hydrogen) atoms. The lowest BCUT2D eigenvalue weighted by Crippen LogP contribution is -2.27. The maximum absolute atomic E-state index is 12.5. The molecule has 2 amide bonds. The minimum atomic E-state index is 0.116. The van der Waals surface area contributed by atoms with Crippen LogP contribution in [0.15, 0.2) is 18.2 Å². The molecule has 1 heterocycles. The number of carbonyl (C=O) groups is 2. The summed E-state index contributed by atoms with van der Waals surface area (Å²) in [5.41, 5.74) is 1.46. The standard InChI is InChI=1S/C18H21ClN2O2/c19-15-10-13(5-6-16(15)21-7-1-2-17(21)22)20-18(23)14-9-11-3-4-12(14)8-11/h5-6,10-12,14H,1-4,7-9H2,(H,20,23). The van der Waals surface area contributed by atoms with Crippen molar-refractivity contribution in [2.75, 3.05) is 16.8 Å². The molecule has 3 aliphatic rings. The van der Waals surface area contributed by atoms with E-state index in [1.54, 1.807) is 11.0 Å². The zero-order chi connectivity index (χ0) is 16.0. The molecule has 1 saturated heterocycles. The van der Waals surface area contributed by atoms with Gasteiger partial charge >= 0.3 is 0 Å². The first-order valence-corrected chi connectivity index (χ1v) is 8.90. The second kappa shape index (κ2) is 5.82. The Hall–Kier alpha value is -1.55. The van der Waals surface area contributed by atoms with Crippen molar-refractivity contribution >= 4 is 34.8 Å². The number of rotatable bonds is 3. The van der Waals surface area contributed by atoms with Crippen LogP contribution in [0.2, 0.25) is 5.02 Å². The highest BCUT2D eigenvalue weighted by atomic mass is 35.5. The molecule has 2 bridgehead atoms. The van der Waals surface area contributed by atoms with Crippen LogP contribution in [-0.2, 0) is 9.59 Å². The van der Waals surface area contributed by atoms with E-state index >= 15 is 0 Å². The highest BCUT2D eigenvalue weighted by Crippen LogP contribution is 2.48. The van der Waals surface area contributed by atoms with Crippen LogP contribution in [0.25, 0.3) is 0 Å². The van der Waals surface area contributed by atoms with Gasteiger partial charge in [0.2, 0.25) is 11.8 Å². The largest absolute Gasteiger partial charge is 0.326 e. The van der Waals surface area contributed by atoms with E-state index in [4.69, 9.17) is 11.6 Å². The van der Waals surface area contributed by atoms with Crippen LogP contribution in [-0.4, -0.2) is 18.4 Å². The van der Waals surface area contributed by atoms with Gasteiger partial charge in [-0.05, 0) is 55.7 Å². The van der Waals surface area contributed by atoms with E-state index in [1.165, 1.54) is 19.3 Å². The van der Waals surface area contributed by atoms with Gasteiger partial charge < -0.3 is 10.2 Å². The summed E-state index contributed by atoms with van der Waals surface area (Å²) >= 11 is 6.34. The Morgan fingerprint density at radius 2 is 2.13 bits per heavy atom. The lowest BCUT2D eigenvalue weighted by Gasteiger charge is -2.21. The van der Waals surface area contributed by atoms with Crippen LogP contribution in [0.1, 0.15) is 38.5 Å². The number of halogens is 1. The van der Waals surface area contributed by atoms with Gasteiger partial charge in [-0.25, -0.2) is 0 Å². The molecule has 0 aromatic heterocycles. The molecule has 1 aromatic carbocycles. The zero-order valence-electron chi connectivity index (χ0n) is 13.1. The Balaban J connectivity index is 1.46. The average molecular weight is 333 g/mol. The molecule has 4 rings (SSSR count). The first kappa shape index (κ1) is 15.0. The lowest BCUT2D eigenvalue weighted by atomic mass is 9.88. The second-order valence-corrected chi connectivity index (χ2v) is 7.49. The van der Waals surface area contributed by atoms with Crippen LogP contribution in [0.4, 0.5) is 11.4 Å². The number of nitrogens with one attached hydrogen (secondary N) is 1. The summed E-state index contributed by atoms with van der Waals surface area (Å²) in [6, 6.07) is 5.44. The quantitative estimate of drug-likeness (QED) is 0.914. The fourth-order valence-corrected chi connectivity index (χ4v) is 4.79. The van der Waals surface area contributed by atoms with E-state index < -0.39 is 0 Å². The van der Waals surface area contributed by atoms with Crippen molar-refractivity contribution in [1.29, 1.82) is 0 Å². The summed E-state index contributed by atoms with van der Waals surface area (Å²) < 4.78 is 0. The van der Waals surface area contributed by atoms with Crippen LogP contribution in [0, 0.1) is 17.8 Å². The van der Waals surface area contributed by atoms with Crippen molar-refractivity contribution in [2.45, 2.75) is 38.5 Å². The van der Waals surface area contributed by atoms with E-state index in [-0.39, 0.29) is 17.7 Å². The normalized spacial score (nSPS) is 29.3. The van der Waals surface area contributed by atoms with E-state index in [0.717, 1.165) is 36.7 Å². The van der Waals surface area contributed by atoms with E-state index in [2.05, 4.69) is 5.32 Å². The average Bonchev–Trinajstić information content (AvgIpc) is 3.24. The first-order valence-electron chi connectivity index (χ1n) is 8.52. The molecule has 122 valence electrons. The fourth-order valence-electron chi connectivity index (χ4n) is 4.51. The Morgan fingerprint density at radius 3 is 2.74 bits per heavy atom. The number of benzene rings is 1. The van der Waals surface area contributed by atoms with Crippen LogP contribution in [0.5, 0.6) is 0 Å². The van der Waals surface area contributed by atoms with Gasteiger partial charge in [-0.1, -0.05) is 18.0 Å². The number of hydrogen-bond acceptors (Lipinski definition) is 2. The Labute approximate surface area is 141 Å². The van der Waals surface area contributed by atoms with E-state index in [9.17, 15) is 9.59 Å². The number of fused-ring (bicyclic) bond motifs is 2. The maximum atomic E-state index is 12.5. The molecule has 2 aliphatic carbocycles. The minimum Gasteiger partial charge on any atom is -0.326 e. The molecular weight excluding hydrogens is 312 g/mol. The number of anilines is 2. The van der Waals surface area contributed by atoms with Gasteiger partial charge in [0.15, 0.2) is 0 Å². The van der Waals surface area contributed by atoms with Crippen molar-refractivity contribution in [3.8, 4) is 0 Å². The summed E-state index contributed by atoms with van der Waals surface area (Å²) in [6.07, 6.45) is 6.19. The van der Waals surface area contributed by atoms with Crippen molar-refractivity contribution in [2.24, 2.45) is 17.8 Å². The number of nitrogens with zero attached hydrogens (tertiary/aromatic N) is 1. The molecule has 5 heteroatoms. The minimum absolute atomic E-state index is 0.116. The Morgan fingerprint density at radius 1 is 1.26 bits per heavy atom. The van der Waals surface area contributed by atoms with Crippen LogP contribution >= 0.6 is 11.6 Å². The van der Waals surface area contributed by atoms with Crippen molar-refractivity contribution < 1.29 is 9.59 Å². The third-order valence-corrected chi connectivity index (χ3v) is 5.96. The third-order valence-electron chi connectivity index (χ3n) is 5.65. The molecule has 3 fully saturated rings. The van der Waals surface area contributed by atoms with Crippen molar-refractivity contribution in [3.63, 3.8) is 0 Å². The monoisotopic (exact) mass is 332 g/mol. The molecule has 2 saturated carbocycles. The number of hydrogen-bond donors (Lipinski definition) is 1. The molecule has 1 aliphatic heterocycles. The van der Waals surface area contributed by atoms with Crippen LogP contribution in [0.3, 0.4) is 0 Å². The zero-order valence-corrected chi connectivity index (χ0v) is 13.8. The number of amides is 2. The van der Waals surface area contributed by atoms with Crippen molar-refractivity contribution in [3.05, 3.63) is 23.2 Å². The smallest absolute Gasteiger partial charge is 0.227 e. The van der Waals surface area contributed by atoms with Gasteiger partial charge in [0.05, 0.1) is 10.7 Å². The summed E-state index contributed by atoms with van der Waals surface area (Å²) in [7, 11) is 0.